The van der Waals surface area contributed by atoms with Crippen LogP contribution >= 0.6 is 0 Å². The van der Waals surface area contributed by atoms with Gasteiger partial charge in [0.15, 0.2) is 0 Å². The van der Waals surface area contributed by atoms with E-state index in [0.29, 0.717) is 31.2 Å². The second kappa shape index (κ2) is 7.98. The van der Waals surface area contributed by atoms with Crippen molar-refractivity contribution in [3.63, 3.8) is 0 Å². The number of pyridine rings is 1. The number of likely N-dealkylation sites (tertiary alicyclic amines) is 1. The number of carboxylic acids is 1. The fourth-order valence-corrected chi connectivity index (χ4v) is 3.82. The molecule has 3 unspecified atom stereocenters. The van der Waals surface area contributed by atoms with Crippen LogP contribution in [0.2, 0.25) is 0 Å². The molecule has 3 atom stereocenters. The van der Waals surface area contributed by atoms with Gasteiger partial charge in [-0.3, -0.25) is 9.59 Å². The first kappa shape index (κ1) is 18.4. The summed E-state index contributed by atoms with van der Waals surface area (Å²) in [7, 11) is 0. The normalized spacial score (nSPS) is 24.3. The molecule has 4 rings (SSSR count). The lowest BCUT2D eigenvalue weighted by Crippen LogP contribution is -2.30. The molecular formula is C21H22N2O5. The van der Waals surface area contributed by atoms with E-state index < -0.39 is 11.9 Å². The third-order valence-electron chi connectivity index (χ3n) is 5.31. The molecule has 2 saturated heterocycles. The van der Waals surface area contributed by atoms with Crippen LogP contribution in [0.25, 0.3) is 0 Å². The highest BCUT2D eigenvalue weighted by Gasteiger charge is 2.40. The first-order valence-corrected chi connectivity index (χ1v) is 9.39. The molecule has 0 spiro atoms. The molecule has 2 aliphatic heterocycles. The van der Waals surface area contributed by atoms with Crippen molar-refractivity contribution in [1.29, 1.82) is 0 Å². The minimum absolute atomic E-state index is 0.0523. The van der Waals surface area contributed by atoms with Crippen LogP contribution in [0.5, 0.6) is 5.88 Å². The molecular weight excluding hydrogens is 360 g/mol. The third-order valence-corrected chi connectivity index (χ3v) is 5.31. The number of hydrogen-bond acceptors (Lipinski definition) is 5. The van der Waals surface area contributed by atoms with Crippen LogP contribution in [-0.4, -0.2) is 59.3 Å². The predicted molar refractivity (Wildman–Crippen MR) is 100 cm³/mol. The molecule has 1 amide bonds. The molecule has 1 aromatic heterocycles. The molecule has 0 saturated carbocycles. The summed E-state index contributed by atoms with van der Waals surface area (Å²) in [6.45, 7) is 1.73. The quantitative estimate of drug-likeness (QED) is 0.853. The fraction of sp³-hybridized carbons (Fsp3) is 0.381. The van der Waals surface area contributed by atoms with E-state index in [-0.39, 0.29) is 24.5 Å². The molecule has 0 bridgehead atoms. The number of amides is 1. The Kier molecular flexibility index (Phi) is 5.25. The van der Waals surface area contributed by atoms with Gasteiger partial charge in [-0.05, 0) is 11.6 Å². The Labute approximate surface area is 162 Å². The lowest BCUT2D eigenvalue weighted by atomic mass is 9.89. The van der Waals surface area contributed by atoms with Crippen molar-refractivity contribution in [2.24, 2.45) is 5.92 Å². The van der Waals surface area contributed by atoms with Crippen LogP contribution in [0.3, 0.4) is 0 Å². The van der Waals surface area contributed by atoms with Crippen LogP contribution in [0, 0.1) is 5.92 Å². The predicted octanol–water partition coefficient (Wildman–Crippen LogP) is 2.19. The number of nitrogens with zero attached hydrogens (tertiary/aromatic N) is 2. The zero-order valence-electron chi connectivity index (χ0n) is 15.4. The van der Waals surface area contributed by atoms with E-state index in [4.69, 9.17) is 9.47 Å². The maximum Gasteiger partial charge on any atom is 0.308 e. The summed E-state index contributed by atoms with van der Waals surface area (Å²) in [6.07, 6.45) is 2.28. The van der Waals surface area contributed by atoms with Crippen molar-refractivity contribution in [3.05, 3.63) is 59.8 Å². The van der Waals surface area contributed by atoms with Crippen LogP contribution in [0.1, 0.15) is 28.3 Å². The van der Waals surface area contributed by atoms with Gasteiger partial charge >= 0.3 is 5.97 Å². The number of aliphatic carboxylic acids is 1. The average Bonchev–Trinajstić information content (AvgIpc) is 3.38. The van der Waals surface area contributed by atoms with Crippen molar-refractivity contribution < 1.29 is 24.2 Å². The number of rotatable bonds is 5. The van der Waals surface area contributed by atoms with Gasteiger partial charge < -0.3 is 19.5 Å². The maximum atomic E-state index is 13.0. The zero-order valence-corrected chi connectivity index (χ0v) is 15.4. The standard InChI is InChI=1S/C21H22N2O5/c24-20(15-6-8-22-19(10-15)28-16-7-9-27-13-16)23-11-17(18(12-23)21(25)26)14-4-2-1-3-5-14/h1-6,8,10,16-18H,7,9,11-13H2,(H,25,26). The largest absolute Gasteiger partial charge is 0.481 e. The van der Waals surface area contributed by atoms with E-state index in [1.807, 2.05) is 30.3 Å². The Morgan fingerprint density at radius 1 is 1.18 bits per heavy atom. The van der Waals surface area contributed by atoms with Crippen molar-refractivity contribution in [3.8, 4) is 5.88 Å². The second-order valence-corrected chi connectivity index (χ2v) is 7.16. The summed E-state index contributed by atoms with van der Waals surface area (Å²) in [6, 6.07) is 12.7. The molecule has 28 heavy (non-hydrogen) atoms. The number of carbonyl (C=O) groups excluding carboxylic acids is 1. The molecule has 0 radical (unpaired) electrons. The van der Waals surface area contributed by atoms with Crippen LogP contribution in [-0.2, 0) is 9.53 Å². The topological polar surface area (TPSA) is 89.0 Å². The van der Waals surface area contributed by atoms with Crippen molar-refractivity contribution in [2.45, 2.75) is 18.4 Å². The Morgan fingerprint density at radius 3 is 2.71 bits per heavy atom. The summed E-state index contributed by atoms with van der Waals surface area (Å²) in [5, 5.41) is 9.64. The molecule has 3 heterocycles. The average molecular weight is 382 g/mol. The highest BCUT2D eigenvalue weighted by molar-refractivity contribution is 5.95. The third kappa shape index (κ3) is 3.84. The number of hydrogen-bond donors (Lipinski definition) is 1. The number of aromatic nitrogens is 1. The molecule has 2 fully saturated rings. The van der Waals surface area contributed by atoms with E-state index in [2.05, 4.69) is 4.98 Å². The number of ether oxygens (including phenoxy) is 2. The van der Waals surface area contributed by atoms with Gasteiger partial charge in [0, 0.05) is 43.3 Å². The lowest BCUT2D eigenvalue weighted by molar-refractivity contribution is -0.141. The van der Waals surface area contributed by atoms with E-state index in [0.717, 1.165) is 12.0 Å². The van der Waals surface area contributed by atoms with Crippen LogP contribution < -0.4 is 4.74 Å². The summed E-state index contributed by atoms with van der Waals surface area (Å²) in [5.74, 6) is -1.56. The summed E-state index contributed by atoms with van der Waals surface area (Å²) >= 11 is 0. The Bertz CT molecular complexity index is 851. The van der Waals surface area contributed by atoms with E-state index >= 15 is 0 Å². The molecule has 7 nitrogen and oxygen atoms in total. The number of carbonyl (C=O) groups is 2. The molecule has 2 aromatic rings. The van der Waals surface area contributed by atoms with Crippen molar-refractivity contribution in [2.75, 3.05) is 26.3 Å². The molecule has 0 aliphatic carbocycles. The fourth-order valence-electron chi connectivity index (χ4n) is 3.82. The highest BCUT2D eigenvalue weighted by atomic mass is 16.5. The maximum absolute atomic E-state index is 13.0. The van der Waals surface area contributed by atoms with Gasteiger partial charge in [-0.1, -0.05) is 30.3 Å². The minimum atomic E-state index is -0.885. The summed E-state index contributed by atoms with van der Waals surface area (Å²) in [4.78, 5) is 30.5. The van der Waals surface area contributed by atoms with E-state index in [1.165, 1.54) is 6.20 Å². The van der Waals surface area contributed by atoms with Gasteiger partial charge in [0.05, 0.1) is 19.1 Å². The summed E-state index contributed by atoms with van der Waals surface area (Å²) < 4.78 is 11.1. The Morgan fingerprint density at radius 2 is 2.00 bits per heavy atom. The lowest BCUT2D eigenvalue weighted by Gasteiger charge is -2.17. The van der Waals surface area contributed by atoms with Crippen LogP contribution in [0.4, 0.5) is 0 Å². The number of carboxylic acid groups (broad SMARTS) is 1. The van der Waals surface area contributed by atoms with Crippen molar-refractivity contribution in [1.82, 2.24) is 9.88 Å². The van der Waals surface area contributed by atoms with Gasteiger partial charge in [-0.2, -0.15) is 0 Å². The highest BCUT2D eigenvalue weighted by Crippen LogP contribution is 2.33. The minimum Gasteiger partial charge on any atom is -0.481 e. The van der Waals surface area contributed by atoms with E-state index in [1.54, 1.807) is 17.0 Å². The molecule has 1 aromatic carbocycles. The SMILES string of the molecule is O=C(O)C1CN(C(=O)c2ccnc(OC3CCOC3)c2)CC1c1ccccc1. The molecule has 1 N–H and O–H groups in total. The first-order chi connectivity index (χ1) is 13.6. The molecule has 7 heteroatoms. The van der Waals surface area contributed by atoms with Crippen LogP contribution in [0.15, 0.2) is 48.7 Å². The zero-order chi connectivity index (χ0) is 19.5. The van der Waals surface area contributed by atoms with Gasteiger partial charge in [0.2, 0.25) is 5.88 Å². The van der Waals surface area contributed by atoms with Gasteiger partial charge in [0.25, 0.3) is 5.91 Å². The summed E-state index contributed by atoms with van der Waals surface area (Å²) in [5.41, 5.74) is 1.38. The van der Waals surface area contributed by atoms with Crippen molar-refractivity contribution >= 4 is 11.9 Å². The van der Waals surface area contributed by atoms with Gasteiger partial charge in [-0.15, -0.1) is 0 Å². The molecule has 2 aliphatic rings. The first-order valence-electron chi connectivity index (χ1n) is 9.39. The monoisotopic (exact) mass is 382 g/mol. The Hall–Kier alpha value is -2.93. The van der Waals surface area contributed by atoms with E-state index in [9.17, 15) is 14.7 Å². The number of benzene rings is 1. The second-order valence-electron chi connectivity index (χ2n) is 7.16. The molecule has 146 valence electrons. The Balaban J connectivity index is 1.51. The van der Waals surface area contributed by atoms with Gasteiger partial charge in [-0.25, -0.2) is 4.98 Å². The van der Waals surface area contributed by atoms with Gasteiger partial charge in [0.1, 0.15) is 6.10 Å². The smallest absolute Gasteiger partial charge is 0.308 e.